The van der Waals surface area contributed by atoms with Gasteiger partial charge in [0.15, 0.2) is 0 Å². The fourth-order valence-electron chi connectivity index (χ4n) is 3.28. The molecule has 0 saturated carbocycles. The van der Waals surface area contributed by atoms with E-state index in [0.29, 0.717) is 50.7 Å². The number of carbonyl (C=O) groups excluding carboxylic acids is 2. The number of rotatable bonds is 6. The van der Waals surface area contributed by atoms with E-state index < -0.39 is 0 Å². The molecule has 3 rings (SSSR count). The van der Waals surface area contributed by atoms with Crippen molar-refractivity contribution in [2.75, 3.05) is 26.2 Å². The Balaban J connectivity index is 1.49. The van der Waals surface area contributed by atoms with Crippen LogP contribution in [0, 0.1) is 5.92 Å². The molecule has 1 aromatic heterocycles. The summed E-state index contributed by atoms with van der Waals surface area (Å²) in [5.74, 6) is 1.22. The third kappa shape index (κ3) is 4.77. The number of aromatic nitrogens is 2. The molecule has 7 heteroatoms. The van der Waals surface area contributed by atoms with Crippen LogP contribution in [-0.4, -0.2) is 57.9 Å². The van der Waals surface area contributed by atoms with Crippen molar-refractivity contribution in [3.63, 3.8) is 0 Å². The van der Waals surface area contributed by atoms with E-state index in [4.69, 9.17) is 4.52 Å². The van der Waals surface area contributed by atoms with E-state index >= 15 is 0 Å². The lowest BCUT2D eigenvalue weighted by Crippen LogP contribution is -2.51. The Kier molecular flexibility index (Phi) is 6.44. The first-order valence-corrected chi connectivity index (χ1v) is 9.96. The molecule has 1 aliphatic rings. The van der Waals surface area contributed by atoms with Gasteiger partial charge in [-0.1, -0.05) is 50.2 Å². The van der Waals surface area contributed by atoms with Gasteiger partial charge in [0.2, 0.25) is 23.5 Å². The Hall–Kier alpha value is -2.70. The molecule has 2 aromatic rings. The van der Waals surface area contributed by atoms with Crippen molar-refractivity contribution in [3.05, 3.63) is 35.7 Å². The van der Waals surface area contributed by atoms with Crippen LogP contribution < -0.4 is 0 Å². The van der Waals surface area contributed by atoms with Gasteiger partial charge in [0.1, 0.15) is 0 Å². The Labute approximate surface area is 165 Å². The van der Waals surface area contributed by atoms with Crippen LogP contribution >= 0.6 is 0 Å². The molecule has 1 saturated heterocycles. The third-order valence-electron chi connectivity index (χ3n) is 5.08. The Morgan fingerprint density at radius 3 is 2.32 bits per heavy atom. The number of hydrogen-bond acceptors (Lipinski definition) is 5. The number of nitrogens with zero attached hydrogens (tertiary/aromatic N) is 4. The van der Waals surface area contributed by atoms with Crippen molar-refractivity contribution in [3.8, 4) is 11.4 Å². The summed E-state index contributed by atoms with van der Waals surface area (Å²) >= 11 is 0. The van der Waals surface area contributed by atoms with Gasteiger partial charge in [-0.25, -0.2) is 0 Å². The van der Waals surface area contributed by atoms with Crippen molar-refractivity contribution in [1.82, 2.24) is 19.9 Å². The van der Waals surface area contributed by atoms with E-state index in [0.717, 1.165) is 12.0 Å². The zero-order chi connectivity index (χ0) is 20.1. The van der Waals surface area contributed by atoms with Crippen molar-refractivity contribution in [2.45, 2.75) is 40.0 Å². The summed E-state index contributed by atoms with van der Waals surface area (Å²) in [4.78, 5) is 32.5. The van der Waals surface area contributed by atoms with E-state index in [1.807, 2.05) is 35.8 Å². The maximum absolute atomic E-state index is 12.5. The lowest BCUT2D eigenvalue weighted by atomic mass is 10.1. The first kappa shape index (κ1) is 20.0. The highest BCUT2D eigenvalue weighted by Gasteiger charge is 2.25. The number of piperazine rings is 1. The molecular weight excluding hydrogens is 356 g/mol. The molecular formula is C21H28N4O3. The summed E-state index contributed by atoms with van der Waals surface area (Å²) in [7, 11) is 0. The van der Waals surface area contributed by atoms with Crippen LogP contribution in [-0.2, 0) is 22.4 Å². The molecule has 2 amide bonds. The van der Waals surface area contributed by atoms with Crippen LogP contribution in [0.2, 0.25) is 0 Å². The quantitative estimate of drug-likeness (QED) is 0.765. The first-order chi connectivity index (χ1) is 13.5. The van der Waals surface area contributed by atoms with Gasteiger partial charge in [-0.2, -0.15) is 4.98 Å². The van der Waals surface area contributed by atoms with Gasteiger partial charge in [0.05, 0.1) is 0 Å². The highest BCUT2D eigenvalue weighted by atomic mass is 16.5. The van der Waals surface area contributed by atoms with Gasteiger partial charge < -0.3 is 14.3 Å². The molecule has 0 spiro atoms. The van der Waals surface area contributed by atoms with Crippen LogP contribution in [0.3, 0.4) is 0 Å². The predicted octanol–water partition coefficient (Wildman–Crippen LogP) is 2.56. The van der Waals surface area contributed by atoms with Gasteiger partial charge in [0, 0.05) is 50.5 Å². The lowest BCUT2D eigenvalue weighted by Gasteiger charge is -2.35. The fourth-order valence-corrected chi connectivity index (χ4v) is 3.28. The molecule has 1 aliphatic heterocycles. The minimum Gasteiger partial charge on any atom is -0.339 e. The summed E-state index contributed by atoms with van der Waals surface area (Å²) in [5, 5.41) is 4.02. The predicted molar refractivity (Wildman–Crippen MR) is 105 cm³/mol. The zero-order valence-electron chi connectivity index (χ0n) is 16.9. The largest absolute Gasteiger partial charge is 0.339 e. The second-order valence-corrected chi connectivity index (χ2v) is 7.42. The van der Waals surface area contributed by atoms with E-state index in [1.165, 1.54) is 5.56 Å². The minimum absolute atomic E-state index is 0.00727. The summed E-state index contributed by atoms with van der Waals surface area (Å²) in [6.45, 7) is 8.27. The van der Waals surface area contributed by atoms with Crippen LogP contribution in [0.15, 0.2) is 28.8 Å². The maximum atomic E-state index is 12.5. The number of hydrogen-bond donors (Lipinski definition) is 0. The fraction of sp³-hybridized carbons (Fsp3) is 0.524. The molecule has 1 fully saturated rings. The van der Waals surface area contributed by atoms with Crippen molar-refractivity contribution in [2.24, 2.45) is 5.92 Å². The standard InChI is InChI=1S/C21H28N4O3/c1-4-16-5-7-17(8-6-16)20-22-18(28-23-20)9-10-19(26)24-11-13-25(14-12-24)21(27)15(2)3/h5-8,15H,4,9-14H2,1-3H3. The van der Waals surface area contributed by atoms with Gasteiger partial charge in [-0.3, -0.25) is 9.59 Å². The monoisotopic (exact) mass is 384 g/mol. The molecule has 1 aromatic carbocycles. The van der Waals surface area contributed by atoms with E-state index in [1.54, 1.807) is 0 Å². The summed E-state index contributed by atoms with van der Waals surface area (Å²) in [5.41, 5.74) is 2.16. The van der Waals surface area contributed by atoms with Crippen LogP contribution in [0.5, 0.6) is 0 Å². The van der Waals surface area contributed by atoms with Crippen molar-refractivity contribution in [1.29, 1.82) is 0 Å². The topological polar surface area (TPSA) is 79.5 Å². The van der Waals surface area contributed by atoms with Crippen LogP contribution in [0.4, 0.5) is 0 Å². The molecule has 7 nitrogen and oxygen atoms in total. The van der Waals surface area contributed by atoms with Gasteiger partial charge >= 0.3 is 0 Å². The van der Waals surface area contributed by atoms with E-state index in [-0.39, 0.29) is 17.7 Å². The molecule has 2 heterocycles. The second kappa shape index (κ2) is 8.99. The molecule has 0 unspecified atom stereocenters. The Bertz CT molecular complexity index is 805. The Morgan fingerprint density at radius 2 is 1.71 bits per heavy atom. The van der Waals surface area contributed by atoms with Crippen molar-refractivity contribution < 1.29 is 14.1 Å². The summed E-state index contributed by atoms with van der Waals surface area (Å²) < 4.78 is 5.30. The highest BCUT2D eigenvalue weighted by Crippen LogP contribution is 2.17. The summed E-state index contributed by atoms with van der Waals surface area (Å²) in [6, 6.07) is 8.07. The second-order valence-electron chi connectivity index (χ2n) is 7.42. The SMILES string of the molecule is CCc1ccc(-c2noc(CCC(=O)N3CCN(C(=O)C(C)C)CC3)n2)cc1. The summed E-state index contributed by atoms with van der Waals surface area (Å²) in [6.07, 6.45) is 1.73. The minimum atomic E-state index is -0.00727. The first-order valence-electron chi connectivity index (χ1n) is 9.96. The third-order valence-corrected chi connectivity index (χ3v) is 5.08. The molecule has 0 aliphatic carbocycles. The number of carbonyl (C=O) groups is 2. The lowest BCUT2D eigenvalue weighted by molar-refractivity contribution is -0.141. The molecule has 150 valence electrons. The average molecular weight is 384 g/mol. The van der Waals surface area contributed by atoms with Gasteiger partial charge in [0.25, 0.3) is 0 Å². The normalized spacial score (nSPS) is 14.6. The number of benzene rings is 1. The Morgan fingerprint density at radius 1 is 1.07 bits per heavy atom. The highest BCUT2D eigenvalue weighted by molar-refractivity contribution is 5.79. The van der Waals surface area contributed by atoms with Crippen LogP contribution in [0.1, 0.15) is 38.6 Å². The average Bonchev–Trinajstić information content (AvgIpc) is 3.20. The van der Waals surface area contributed by atoms with E-state index in [9.17, 15) is 9.59 Å². The molecule has 0 N–H and O–H groups in total. The molecule has 0 bridgehead atoms. The van der Waals surface area contributed by atoms with Gasteiger partial charge in [-0.05, 0) is 12.0 Å². The maximum Gasteiger partial charge on any atom is 0.227 e. The van der Waals surface area contributed by atoms with E-state index in [2.05, 4.69) is 29.2 Å². The number of aryl methyl sites for hydroxylation is 2. The molecule has 0 radical (unpaired) electrons. The molecule has 28 heavy (non-hydrogen) atoms. The number of amides is 2. The molecule has 0 atom stereocenters. The van der Waals surface area contributed by atoms with Gasteiger partial charge in [-0.15, -0.1) is 0 Å². The van der Waals surface area contributed by atoms with Crippen molar-refractivity contribution >= 4 is 11.8 Å². The zero-order valence-corrected chi connectivity index (χ0v) is 16.9. The smallest absolute Gasteiger partial charge is 0.227 e. The van der Waals surface area contributed by atoms with Crippen LogP contribution in [0.25, 0.3) is 11.4 Å².